The highest BCUT2D eigenvalue weighted by atomic mass is 32.2. The summed E-state index contributed by atoms with van der Waals surface area (Å²) < 4.78 is 6.57. The molecule has 0 aliphatic heterocycles. The standard InChI is InChI=1S/C21H16N4O3S2/c26-25(27)17-6-4-5-15(13-17)14-29-21-24-23-20(30-21)22-16-9-11-19(12-10-16)28-18-7-2-1-3-8-18/h1-13H,14H2,(H,22,23). The molecule has 0 unspecified atom stereocenters. The number of hydrogen-bond acceptors (Lipinski definition) is 8. The first-order valence-corrected chi connectivity index (χ1v) is 10.8. The van der Waals surface area contributed by atoms with E-state index in [4.69, 9.17) is 4.74 Å². The van der Waals surface area contributed by atoms with E-state index in [9.17, 15) is 10.1 Å². The Balaban J connectivity index is 1.33. The van der Waals surface area contributed by atoms with Crippen LogP contribution in [0.1, 0.15) is 5.56 Å². The summed E-state index contributed by atoms with van der Waals surface area (Å²) in [6.07, 6.45) is 0. The molecule has 1 heterocycles. The van der Waals surface area contributed by atoms with Crippen LogP contribution in [0.3, 0.4) is 0 Å². The zero-order valence-electron chi connectivity index (χ0n) is 15.6. The smallest absolute Gasteiger partial charge is 0.269 e. The molecule has 4 aromatic rings. The highest BCUT2D eigenvalue weighted by molar-refractivity contribution is 8.00. The van der Waals surface area contributed by atoms with Gasteiger partial charge in [0.25, 0.3) is 5.69 Å². The van der Waals surface area contributed by atoms with E-state index >= 15 is 0 Å². The fraction of sp³-hybridized carbons (Fsp3) is 0.0476. The molecule has 150 valence electrons. The molecule has 9 heteroatoms. The quantitative estimate of drug-likeness (QED) is 0.198. The highest BCUT2D eigenvalue weighted by Crippen LogP contribution is 2.31. The first-order chi connectivity index (χ1) is 14.7. The Bertz CT molecular complexity index is 1130. The second-order valence-corrected chi connectivity index (χ2v) is 8.35. The van der Waals surface area contributed by atoms with E-state index in [-0.39, 0.29) is 5.69 Å². The molecule has 0 aliphatic carbocycles. The molecule has 7 nitrogen and oxygen atoms in total. The van der Waals surface area contributed by atoms with Crippen molar-refractivity contribution in [3.63, 3.8) is 0 Å². The zero-order chi connectivity index (χ0) is 20.8. The van der Waals surface area contributed by atoms with E-state index in [0.717, 1.165) is 27.1 Å². The van der Waals surface area contributed by atoms with E-state index in [1.54, 1.807) is 12.1 Å². The van der Waals surface area contributed by atoms with Gasteiger partial charge in [-0.2, -0.15) is 0 Å². The Morgan fingerprint density at radius 3 is 2.50 bits per heavy atom. The number of nitro groups is 1. The van der Waals surface area contributed by atoms with E-state index in [1.165, 1.54) is 29.2 Å². The van der Waals surface area contributed by atoms with Crippen LogP contribution in [-0.4, -0.2) is 15.1 Å². The lowest BCUT2D eigenvalue weighted by molar-refractivity contribution is -0.384. The number of non-ortho nitro benzene ring substituents is 1. The van der Waals surface area contributed by atoms with Gasteiger partial charge in [-0.15, -0.1) is 10.2 Å². The Hall–Kier alpha value is -3.43. The molecule has 0 bridgehead atoms. The van der Waals surface area contributed by atoms with Crippen LogP contribution in [0.15, 0.2) is 83.2 Å². The van der Waals surface area contributed by atoms with Gasteiger partial charge in [-0.3, -0.25) is 10.1 Å². The largest absolute Gasteiger partial charge is 0.457 e. The van der Waals surface area contributed by atoms with Crippen molar-refractivity contribution in [2.24, 2.45) is 0 Å². The van der Waals surface area contributed by atoms with Crippen LogP contribution in [0, 0.1) is 10.1 Å². The minimum absolute atomic E-state index is 0.0902. The predicted octanol–water partition coefficient (Wildman–Crippen LogP) is 6.27. The van der Waals surface area contributed by atoms with Gasteiger partial charge >= 0.3 is 0 Å². The van der Waals surface area contributed by atoms with Gasteiger partial charge in [0.05, 0.1) is 4.92 Å². The number of benzene rings is 3. The molecule has 0 amide bonds. The van der Waals surface area contributed by atoms with Crippen LogP contribution in [0.2, 0.25) is 0 Å². The van der Waals surface area contributed by atoms with Gasteiger partial charge in [-0.05, 0) is 42.0 Å². The van der Waals surface area contributed by atoms with Gasteiger partial charge in [0.2, 0.25) is 5.13 Å². The summed E-state index contributed by atoms with van der Waals surface area (Å²) in [6.45, 7) is 0. The average molecular weight is 437 g/mol. The molecule has 1 N–H and O–H groups in total. The Morgan fingerprint density at radius 1 is 0.967 bits per heavy atom. The maximum atomic E-state index is 10.9. The summed E-state index contributed by atoms with van der Waals surface area (Å²) >= 11 is 2.92. The molecule has 1 aromatic heterocycles. The molecular formula is C21H16N4O3S2. The topological polar surface area (TPSA) is 90.2 Å². The van der Waals surface area contributed by atoms with Gasteiger partial charge in [0, 0.05) is 23.6 Å². The van der Waals surface area contributed by atoms with Crippen LogP contribution in [-0.2, 0) is 5.75 Å². The fourth-order valence-electron chi connectivity index (χ4n) is 2.58. The first kappa shape index (κ1) is 19.9. The Kier molecular flexibility index (Phi) is 6.21. The SMILES string of the molecule is O=[N+]([O-])c1cccc(CSc2nnc(Nc3ccc(Oc4ccccc4)cc3)s2)c1. The van der Waals surface area contributed by atoms with Gasteiger partial charge in [-0.25, -0.2) is 0 Å². The maximum Gasteiger partial charge on any atom is 0.269 e. The molecule has 0 aliphatic rings. The molecule has 0 spiro atoms. The van der Waals surface area contributed by atoms with Crippen molar-refractivity contribution in [1.82, 2.24) is 10.2 Å². The van der Waals surface area contributed by atoms with Gasteiger partial charge < -0.3 is 10.1 Å². The van der Waals surface area contributed by atoms with E-state index in [0.29, 0.717) is 10.9 Å². The number of hydrogen-bond donors (Lipinski definition) is 1. The predicted molar refractivity (Wildman–Crippen MR) is 119 cm³/mol. The molecule has 0 saturated heterocycles. The number of ether oxygens (including phenoxy) is 1. The van der Waals surface area contributed by atoms with Crippen LogP contribution >= 0.6 is 23.1 Å². The lowest BCUT2D eigenvalue weighted by atomic mass is 10.2. The number of aromatic nitrogens is 2. The summed E-state index contributed by atoms with van der Waals surface area (Å²) in [5.74, 6) is 2.12. The second kappa shape index (κ2) is 9.38. The van der Waals surface area contributed by atoms with Gasteiger partial charge in [-0.1, -0.05) is 53.4 Å². The molecule has 3 aromatic carbocycles. The number of nitrogens with zero attached hydrogens (tertiary/aromatic N) is 3. The van der Waals surface area contributed by atoms with Crippen molar-refractivity contribution in [1.29, 1.82) is 0 Å². The number of nitrogens with one attached hydrogen (secondary N) is 1. The first-order valence-electron chi connectivity index (χ1n) is 8.95. The minimum Gasteiger partial charge on any atom is -0.457 e. The lowest BCUT2D eigenvalue weighted by Crippen LogP contribution is -1.90. The number of thioether (sulfide) groups is 1. The zero-order valence-corrected chi connectivity index (χ0v) is 17.2. The number of rotatable bonds is 8. The van der Waals surface area contributed by atoms with Crippen LogP contribution < -0.4 is 10.1 Å². The molecule has 30 heavy (non-hydrogen) atoms. The third kappa shape index (κ3) is 5.34. The van der Waals surface area contributed by atoms with Crippen LogP contribution in [0.25, 0.3) is 0 Å². The highest BCUT2D eigenvalue weighted by Gasteiger charge is 2.09. The van der Waals surface area contributed by atoms with Gasteiger partial charge in [0.15, 0.2) is 4.34 Å². The summed E-state index contributed by atoms with van der Waals surface area (Å²) in [7, 11) is 0. The van der Waals surface area contributed by atoms with Crippen molar-refractivity contribution in [3.8, 4) is 11.5 Å². The van der Waals surface area contributed by atoms with Crippen LogP contribution in [0.4, 0.5) is 16.5 Å². The molecule has 0 radical (unpaired) electrons. The van der Waals surface area contributed by atoms with E-state index < -0.39 is 4.92 Å². The fourth-order valence-corrected chi connectivity index (χ4v) is 4.29. The summed E-state index contributed by atoms with van der Waals surface area (Å²) in [4.78, 5) is 10.5. The van der Waals surface area contributed by atoms with Crippen molar-refractivity contribution in [2.45, 2.75) is 10.1 Å². The Morgan fingerprint density at radius 2 is 1.73 bits per heavy atom. The molecule has 0 saturated carbocycles. The summed E-state index contributed by atoms with van der Waals surface area (Å²) in [6, 6.07) is 23.8. The van der Waals surface area contributed by atoms with Crippen molar-refractivity contribution < 1.29 is 9.66 Å². The average Bonchev–Trinajstić information content (AvgIpc) is 3.22. The van der Waals surface area contributed by atoms with Crippen molar-refractivity contribution in [3.05, 3.63) is 94.5 Å². The maximum absolute atomic E-state index is 10.9. The van der Waals surface area contributed by atoms with Crippen molar-refractivity contribution >= 4 is 39.6 Å². The molecular weight excluding hydrogens is 420 g/mol. The van der Waals surface area contributed by atoms with Crippen LogP contribution in [0.5, 0.6) is 11.5 Å². The normalized spacial score (nSPS) is 10.5. The van der Waals surface area contributed by atoms with Gasteiger partial charge in [0.1, 0.15) is 11.5 Å². The van der Waals surface area contributed by atoms with E-state index in [2.05, 4.69) is 15.5 Å². The monoisotopic (exact) mass is 436 g/mol. The number of nitro benzene ring substituents is 1. The summed E-state index contributed by atoms with van der Waals surface area (Å²) in [5, 5.41) is 23.1. The molecule has 4 rings (SSSR count). The van der Waals surface area contributed by atoms with Crippen molar-refractivity contribution in [2.75, 3.05) is 5.32 Å². The third-order valence-electron chi connectivity index (χ3n) is 3.97. The number of para-hydroxylation sites is 1. The second-order valence-electron chi connectivity index (χ2n) is 6.15. The molecule has 0 fully saturated rings. The molecule has 0 atom stereocenters. The minimum atomic E-state index is -0.392. The lowest BCUT2D eigenvalue weighted by Gasteiger charge is -2.06. The third-order valence-corrected chi connectivity index (χ3v) is 6.02. The summed E-state index contributed by atoms with van der Waals surface area (Å²) in [5.41, 5.74) is 1.84. The Labute approximate surface area is 180 Å². The van der Waals surface area contributed by atoms with E-state index in [1.807, 2.05) is 60.7 Å². The number of anilines is 2.